The molecule has 31 heavy (non-hydrogen) atoms. The van der Waals surface area contributed by atoms with Crippen molar-refractivity contribution in [3.8, 4) is 11.6 Å². The van der Waals surface area contributed by atoms with E-state index in [0.717, 1.165) is 48.9 Å². The van der Waals surface area contributed by atoms with Gasteiger partial charge in [-0.2, -0.15) is 5.10 Å². The predicted molar refractivity (Wildman–Crippen MR) is 117 cm³/mol. The summed E-state index contributed by atoms with van der Waals surface area (Å²) in [6, 6.07) is 11.7. The van der Waals surface area contributed by atoms with E-state index in [1.54, 1.807) is 18.0 Å². The van der Waals surface area contributed by atoms with E-state index in [4.69, 9.17) is 4.74 Å². The minimum Gasteiger partial charge on any atom is -0.496 e. The summed E-state index contributed by atoms with van der Waals surface area (Å²) in [7, 11) is 1.67. The summed E-state index contributed by atoms with van der Waals surface area (Å²) in [5.74, 6) is 3.34. The molecule has 1 saturated carbocycles. The first-order chi connectivity index (χ1) is 15.1. The molecule has 0 unspecified atom stereocenters. The molecule has 0 radical (unpaired) electrons. The van der Waals surface area contributed by atoms with Gasteiger partial charge < -0.3 is 14.5 Å². The molecule has 2 aromatic heterocycles. The quantitative estimate of drug-likeness (QED) is 0.633. The van der Waals surface area contributed by atoms with Crippen molar-refractivity contribution in [3.63, 3.8) is 0 Å². The van der Waals surface area contributed by atoms with Crippen LogP contribution in [0.1, 0.15) is 24.2 Å². The van der Waals surface area contributed by atoms with Gasteiger partial charge in [-0.3, -0.25) is 4.79 Å². The summed E-state index contributed by atoms with van der Waals surface area (Å²) in [6.45, 7) is 4.72. The van der Waals surface area contributed by atoms with Crippen LogP contribution in [0.5, 0.6) is 5.75 Å². The number of anilines is 1. The summed E-state index contributed by atoms with van der Waals surface area (Å²) < 4.78 is 7.27. The van der Waals surface area contributed by atoms with Crippen LogP contribution in [0.15, 0.2) is 48.8 Å². The molecule has 1 aromatic carbocycles. The van der Waals surface area contributed by atoms with E-state index in [0.29, 0.717) is 18.9 Å². The number of nitrogens with zero attached hydrogens (tertiary/aromatic N) is 6. The third-order valence-electron chi connectivity index (χ3n) is 6.22. The Hall–Kier alpha value is -3.42. The van der Waals surface area contributed by atoms with Crippen molar-refractivity contribution >= 4 is 11.7 Å². The fourth-order valence-electron chi connectivity index (χ4n) is 4.42. The van der Waals surface area contributed by atoms with Crippen molar-refractivity contribution in [2.24, 2.45) is 0 Å². The van der Waals surface area contributed by atoms with E-state index in [2.05, 4.69) is 20.0 Å². The number of aromatic nitrogens is 4. The fraction of sp³-hybridized carbons (Fsp3) is 0.391. The molecule has 160 valence electrons. The minimum atomic E-state index is -0.423. The van der Waals surface area contributed by atoms with Crippen molar-refractivity contribution in [3.05, 3.63) is 60.2 Å². The minimum absolute atomic E-state index is 0.216. The van der Waals surface area contributed by atoms with Gasteiger partial charge in [-0.05, 0) is 31.9 Å². The largest absolute Gasteiger partial charge is 0.496 e. The second-order valence-electron chi connectivity index (χ2n) is 8.14. The maximum Gasteiger partial charge on any atom is 0.233 e. The van der Waals surface area contributed by atoms with Gasteiger partial charge in [0.05, 0.1) is 12.5 Å². The Balaban J connectivity index is 1.31. The van der Waals surface area contributed by atoms with Gasteiger partial charge in [0.15, 0.2) is 5.82 Å². The van der Waals surface area contributed by atoms with Gasteiger partial charge in [-0.25, -0.2) is 14.6 Å². The lowest BCUT2D eigenvalue weighted by Gasteiger charge is -2.37. The number of hydrogen-bond donors (Lipinski definition) is 0. The van der Waals surface area contributed by atoms with Gasteiger partial charge >= 0.3 is 0 Å². The zero-order valence-corrected chi connectivity index (χ0v) is 17.9. The van der Waals surface area contributed by atoms with Crippen LogP contribution >= 0.6 is 0 Å². The molecule has 0 spiro atoms. The van der Waals surface area contributed by atoms with E-state index in [9.17, 15) is 4.79 Å². The normalized spacial score (nSPS) is 17.5. The Morgan fingerprint density at radius 3 is 2.45 bits per heavy atom. The molecular formula is C23H26N6O2. The van der Waals surface area contributed by atoms with Crippen LogP contribution in [-0.4, -0.2) is 63.8 Å². The van der Waals surface area contributed by atoms with Crippen molar-refractivity contribution in [2.75, 3.05) is 38.2 Å². The molecule has 1 amide bonds. The number of para-hydroxylation sites is 1. The molecule has 0 N–H and O–H groups in total. The first kappa shape index (κ1) is 19.5. The van der Waals surface area contributed by atoms with Crippen molar-refractivity contribution < 1.29 is 9.53 Å². The number of carbonyl (C=O) groups excluding carboxylic acids is 1. The van der Waals surface area contributed by atoms with E-state index >= 15 is 0 Å². The number of benzene rings is 1. The third-order valence-corrected chi connectivity index (χ3v) is 6.22. The lowest BCUT2D eigenvalue weighted by Crippen LogP contribution is -2.52. The molecule has 3 aromatic rings. The molecule has 1 aliphatic carbocycles. The zero-order valence-electron chi connectivity index (χ0n) is 17.9. The van der Waals surface area contributed by atoms with E-state index in [1.807, 2.05) is 54.4 Å². The number of amides is 1. The molecule has 0 bridgehead atoms. The number of carbonyl (C=O) groups is 1. The molecule has 5 rings (SSSR count). The molecule has 8 heteroatoms. The molecule has 0 atom stereocenters. The Bertz CT molecular complexity index is 1090. The van der Waals surface area contributed by atoms with E-state index in [1.165, 1.54) is 0 Å². The summed E-state index contributed by atoms with van der Waals surface area (Å²) in [5, 5.41) is 4.27. The van der Waals surface area contributed by atoms with Crippen LogP contribution in [0.25, 0.3) is 5.82 Å². The SMILES string of the molecule is COc1ccccc1C1(C(=O)N2CCN(c3cc(-n4cccn4)nc(C)n3)CC2)CC1. The Morgan fingerprint density at radius 2 is 1.77 bits per heavy atom. The number of piperazine rings is 1. The summed E-state index contributed by atoms with van der Waals surface area (Å²) in [6.07, 6.45) is 5.36. The Labute approximate surface area is 181 Å². The van der Waals surface area contributed by atoms with Crippen LogP contribution in [0.2, 0.25) is 0 Å². The van der Waals surface area contributed by atoms with Gasteiger partial charge in [-0.15, -0.1) is 0 Å². The van der Waals surface area contributed by atoms with E-state index in [-0.39, 0.29) is 5.91 Å². The van der Waals surface area contributed by atoms with Crippen LogP contribution in [-0.2, 0) is 10.2 Å². The molecule has 1 aliphatic heterocycles. The zero-order chi connectivity index (χ0) is 21.4. The topological polar surface area (TPSA) is 76.4 Å². The summed E-state index contributed by atoms with van der Waals surface area (Å²) in [5.41, 5.74) is 0.591. The average molecular weight is 419 g/mol. The highest BCUT2D eigenvalue weighted by atomic mass is 16.5. The molecule has 2 fully saturated rings. The van der Waals surface area contributed by atoms with Crippen molar-refractivity contribution in [1.82, 2.24) is 24.6 Å². The van der Waals surface area contributed by atoms with Crippen molar-refractivity contribution in [2.45, 2.75) is 25.2 Å². The van der Waals surface area contributed by atoms with Crippen LogP contribution in [0.3, 0.4) is 0 Å². The molecule has 2 aliphatic rings. The standard InChI is InChI=1S/C23H26N6O2/c1-17-25-20(16-21(26-17)29-11-5-10-24-29)27-12-14-28(15-13-27)22(30)23(8-9-23)18-6-3-4-7-19(18)31-2/h3-7,10-11,16H,8-9,12-15H2,1-2H3. The van der Waals surface area contributed by atoms with Gasteiger partial charge in [0.25, 0.3) is 0 Å². The van der Waals surface area contributed by atoms with Crippen LogP contribution < -0.4 is 9.64 Å². The van der Waals surface area contributed by atoms with Gasteiger partial charge in [-0.1, -0.05) is 18.2 Å². The molecule has 3 heterocycles. The second-order valence-corrected chi connectivity index (χ2v) is 8.14. The highest BCUT2D eigenvalue weighted by molar-refractivity contribution is 5.92. The third kappa shape index (κ3) is 3.52. The fourth-order valence-corrected chi connectivity index (χ4v) is 4.42. The Morgan fingerprint density at radius 1 is 1.03 bits per heavy atom. The lowest BCUT2D eigenvalue weighted by atomic mass is 9.93. The monoisotopic (exact) mass is 418 g/mol. The maximum atomic E-state index is 13.5. The second kappa shape index (κ2) is 7.68. The number of aryl methyl sites for hydroxylation is 1. The molecular weight excluding hydrogens is 392 g/mol. The number of hydrogen-bond acceptors (Lipinski definition) is 6. The predicted octanol–water partition coefficient (Wildman–Crippen LogP) is 2.36. The smallest absolute Gasteiger partial charge is 0.233 e. The van der Waals surface area contributed by atoms with Crippen molar-refractivity contribution in [1.29, 1.82) is 0 Å². The first-order valence-electron chi connectivity index (χ1n) is 10.6. The van der Waals surface area contributed by atoms with Gasteiger partial charge in [0, 0.05) is 50.2 Å². The maximum absolute atomic E-state index is 13.5. The first-order valence-corrected chi connectivity index (χ1v) is 10.6. The molecule has 1 saturated heterocycles. The number of rotatable bonds is 5. The number of methoxy groups -OCH3 is 1. The van der Waals surface area contributed by atoms with E-state index < -0.39 is 5.41 Å². The average Bonchev–Trinajstić information content (AvgIpc) is 3.43. The van der Waals surface area contributed by atoms with Crippen LogP contribution in [0, 0.1) is 6.92 Å². The highest BCUT2D eigenvalue weighted by Gasteiger charge is 2.54. The molecule has 8 nitrogen and oxygen atoms in total. The Kier molecular flexibility index (Phi) is 4.84. The van der Waals surface area contributed by atoms with Gasteiger partial charge in [0.1, 0.15) is 17.4 Å². The summed E-state index contributed by atoms with van der Waals surface area (Å²) in [4.78, 5) is 26.8. The number of ether oxygens (including phenoxy) is 1. The highest BCUT2D eigenvalue weighted by Crippen LogP contribution is 2.52. The van der Waals surface area contributed by atoms with Gasteiger partial charge in [0.2, 0.25) is 5.91 Å². The van der Waals surface area contributed by atoms with Crippen LogP contribution in [0.4, 0.5) is 5.82 Å². The summed E-state index contributed by atoms with van der Waals surface area (Å²) >= 11 is 0. The lowest BCUT2D eigenvalue weighted by molar-refractivity contribution is -0.134.